The fourth-order valence-corrected chi connectivity index (χ4v) is 2.20. The molecule has 3 N–H and O–H groups in total. The van der Waals surface area contributed by atoms with Crippen LogP contribution in [0.4, 0.5) is 5.95 Å². The fraction of sp³-hybridized carbons (Fsp3) is 0.545. The minimum atomic E-state index is -0.356. The number of nitrogen functional groups attached to an aromatic ring is 1. The van der Waals surface area contributed by atoms with Crippen LogP contribution >= 0.6 is 0 Å². The van der Waals surface area contributed by atoms with Gasteiger partial charge >= 0.3 is 0 Å². The fourth-order valence-electron chi connectivity index (χ4n) is 2.20. The average Bonchev–Trinajstić information content (AvgIpc) is 2.29. The first-order valence-electron chi connectivity index (χ1n) is 5.62. The molecular weight excluding hydrogens is 204 g/mol. The molecule has 0 aliphatic heterocycles. The van der Waals surface area contributed by atoms with Crippen molar-refractivity contribution in [1.29, 1.82) is 5.41 Å². The molecule has 2 rings (SSSR count). The predicted molar refractivity (Wildman–Crippen MR) is 62.6 cm³/mol. The van der Waals surface area contributed by atoms with Gasteiger partial charge in [0.2, 0.25) is 5.95 Å². The van der Waals surface area contributed by atoms with Gasteiger partial charge in [-0.25, -0.2) is 0 Å². The molecule has 0 aromatic carbocycles. The summed E-state index contributed by atoms with van der Waals surface area (Å²) in [4.78, 5) is 14.6. The molecule has 5 heteroatoms. The van der Waals surface area contributed by atoms with Crippen molar-refractivity contribution in [2.45, 2.75) is 32.1 Å². The van der Waals surface area contributed by atoms with Crippen LogP contribution in [0.1, 0.15) is 32.1 Å². The van der Waals surface area contributed by atoms with Crippen molar-refractivity contribution in [3.8, 4) is 0 Å². The first-order valence-corrected chi connectivity index (χ1v) is 5.62. The van der Waals surface area contributed by atoms with Crippen LogP contribution in [0.3, 0.4) is 0 Å². The summed E-state index contributed by atoms with van der Waals surface area (Å²) in [5.41, 5.74) is 5.28. The third kappa shape index (κ3) is 2.13. The molecule has 1 saturated carbocycles. The highest BCUT2D eigenvalue weighted by Crippen LogP contribution is 2.25. The Hall–Kier alpha value is -1.65. The van der Waals surface area contributed by atoms with Crippen LogP contribution in [0.5, 0.6) is 0 Å². The zero-order valence-electron chi connectivity index (χ0n) is 9.15. The van der Waals surface area contributed by atoms with Crippen LogP contribution in [0, 0.1) is 11.3 Å². The lowest BCUT2D eigenvalue weighted by Gasteiger charge is -2.23. The largest absolute Gasteiger partial charge is 0.369 e. The lowest BCUT2D eigenvalue weighted by atomic mass is 9.88. The zero-order valence-corrected chi connectivity index (χ0v) is 9.15. The Balaban J connectivity index is 2.22. The topological polar surface area (TPSA) is 84.8 Å². The van der Waals surface area contributed by atoms with Gasteiger partial charge in [-0.3, -0.25) is 14.8 Å². The summed E-state index contributed by atoms with van der Waals surface area (Å²) in [5, 5.41) is 8.08. The molecule has 0 spiro atoms. The Labute approximate surface area is 93.8 Å². The Morgan fingerprint density at radius 3 is 2.75 bits per heavy atom. The average molecular weight is 220 g/mol. The third-order valence-electron chi connectivity index (χ3n) is 3.09. The number of rotatable bonds is 1. The first kappa shape index (κ1) is 10.9. The monoisotopic (exact) mass is 220 g/mol. The number of aromatic nitrogens is 2. The van der Waals surface area contributed by atoms with Gasteiger partial charge in [0, 0.05) is 18.2 Å². The zero-order chi connectivity index (χ0) is 11.5. The van der Waals surface area contributed by atoms with E-state index in [1.807, 2.05) is 0 Å². The van der Waals surface area contributed by atoms with Crippen molar-refractivity contribution in [3.05, 3.63) is 22.6 Å². The first-order chi connectivity index (χ1) is 7.68. The van der Waals surface area contributed by atoms with Crippen LogP contribution in [0.2, 0.25) is 0 Å². The lowest BCUT2D eigenvalue weighted by Crippen LogP contribution is -2.28. The molecule has 0 radical (unpaired) electrons. The van der Waals surface area contributed by atoms with Crippen molar-refractivity contribution < 1.29 is 0 Å². The van der Waals surface area contributed by atoms with E-state index < -0.39 is 0 Å². The van der Waals surface area contributed by atoms with E-state index in [4.69, 9.17) is 11.1 Å². The third-order valence-corrected chi connectivity index (χ3v) is 3.09. The van der Waals surface area contributed by atoms with Gasteiger partial charge in [-0.15, -0.1) is 0 Å². The molecule has 1 aromatic heterocycles. The summed E-state index contributed by atoms with van der Waals surface area (Å²) in [6, 6.07) is 1.34. The van der Waals surface area contributed by atoms with E-state index in [-0.39, 0.29) is 17.4 Å². The molecular formula is C11H16N4O. The number of nitrogens with two attached hydrogens (primary N) is 1. The van der Waals surface area contributed by atoms with Gasteiger partial charge in [0.15, 0.2) is 0 Å². The lowest BCUT2D eigenvalue weighted by molar-refractivity contribution is 0.431. The Morgan fingerprint density at radius 1 is 1.44 bits per heavy atom. The van der Waals surface area contributed by atoms with E-state index >= 15 is 0 Å². The normalized spacial score (nSPS) is 17.2. The van der Waals surface area contributed by atoms with Crippen molar-refractivity contribution in [2.24, 2.45) is 5.92 Å². The van der Waals surface area contributed by atoms with E-state index in [2.05, 4.69) is 4.98 Å². The SMILES string of the molecule is N=C(C1CCCCC1)n1ccc(=O)nc1N. The molecule has 0 saturated heterocycles. The van der Waals surface area contributed by atoms with Crippen molar-refractivity contribution in [2.75, 3.05) is 5.73 Å². The van der Waals surface area contributed by atoms with Crippen molar-refractivity contribution >= 4 is 11.8 Å². The summed E-state index contributed by atoms with van der Waals surface area (Å²) in [6.45, 7) is 0. The summed E-state index contributed by atoms with van der Waals surface area (Å²) in [5.74, 6) is 0.827. The molecule has 1 aliphatic rings. The van der Waals surface area contributed by atoms with E-state index in [1.165, 1.54) is 29.9 Å². The van der Waals surface area contributed by atoms with E-state index in [1.54, 1.807) is 6.20 Å². The Bertz CT molecular complexity index is 446. The number of nitrogens with zero attached hydrogens (tertiary/aromatic N) is 2. The summed E-state index contributed by atoms with van der Waals surface area (Å²) >= 11 is 0. The molecule has 1 aliphatic carbocycles. The molecule has 1 heterocycles. The molecule has 1 fully saturated rings. The maximum absolute atomic E-state index is 11.0. The maximum Gasteiger partial charge on any atom is 0.274 e. The summed E-state index contributed by atoms with van der Waals surface area (Å²) in [6.07, 6.45) is 7.19. The van der Waals surface area contributed by atoms with Crippen LogP contribution in [0.15, 0.2) is 17.1 Å². The highest BCUT2D eigenvalue weighted by atomic mass is 16.1. The molecule has 16 heavy (non-hydrogen) atoms. The Kier molecular flexibility index (Phi) is 3.03. The quantitative estimate of drug-likeness (QED) is 0.551. The van der Waals surface area contributed by atoms with Gasteiger partial charge in [0.1, 0.15) is 5.84 Å². The second-order valence-corrected chi connectivity index (χ2v) is 4.21. The van der Waals surface area contributed by atoms with Gasteiger partial charge < -0.3 is 5.73 Å². The second kappa shape index (κ2) is 4.47. The van der Waals surface area contributed by atoms with Gasteiger partial charge in [-0.2, -0.15) is 4.98 Å². The minimum absolute atomic E-state index is 0.114. The maximum atomic E-state index is 11.0. The van der Waals surface area contributed by atoms with Crippen LogP contribution < -0.4 is 11.3 Å². The van der Waals surface area contributed by atoms with Gasteiger partial charge in [-0.05, 0) is 12.8 Å². The number of hydrogen-bond acceptors (Lipinski definition) is 4. The van der Waals surface area contributed by atoms with Crippen LogP contribution in [-0.4, -0.2) is 15.4 Å². The van der Waals surface area contributed by atoms with Crippen LogP contribution in [0.25, 0.3) is 0 Å². The number of hydrogen-bond donors (Lipinski definition) is 2. The molecule has 0 amide bonds. The molecule has 5 nitrogen and oxygen atoms in total. The Morgan fingerprint density at radius 2 is 2.12 bits per heavy atom. The molecule has 0 atom stereocenters. The molecule has 1 aromatic rings. The second-order valence-electron chi connectivity index (χ2n) is 4.21. The summed E-state index contributed by atoms with van der Waals surface area (Å²) in [7, 11) is 0. The van der Waals surface area contributed by atoms with Gasteiger partial charge in [0.05, 0.1) is 0 Å². The summed E-state index contributed by atoms with van der Waals surface area (Å²) < 4.78 is 1.51. The van der Waals surface area contributed by atoms with Gasteiger partial charge in [0.25, 0.3) is 5.56 Å². The number of nitrogens with one attached hydrogen (secondary N) is 1. The van der Waals surface area contributed by atoms with Crippen molar-refractivity contribution in [3.63, 3.8) is 0 Å². The van der Waals surface area contributed by atoms with Crippen LogP contribution in [-0.2, 0) is 0 Å². The molecule has 0 bridgehead atoms. The molecule has 0 unspecified atom stereocenters. The predicted octanol–water partition coefficient (Wildman–Crippen LogP) is 1.23. The van der Waals surface area contributed by atoms with E-state index in [9.17, 15) is 4.79 Å². The highest BCUT2D eigenvalue weighted by molar-refractivity contribution is 5.85. The van der Waals surface area contributed by atoms with Gasteiger partial charge in [-0.1, -0.05) is 19.3 Å². The molecule has 86 valence electrons. The van der Waals surface area contributed by atoms with Crippen molar-refractivity contribution in [1.82, 2.24) is 9.55 Å². The smallest absolute Gasteiger partial charge is 0.274 e. The number of anilines is 1. The highest BCUT2D eigenvalue weighted by Gasteiger charge is 2.20. The minimum Gasteiger partial charge on any atom is -0.369 e. The standard InChI is InChI=1S/C11H16N4O/c12-10(8-4-2-1-3-5-8)15-7-6-9(16)14-11(15)13/h6-8,12H,1-5H2,(H2,13,14,16). The van der Waals surface area contributed by atoms with E-state index in [0.717, 1.165) is 12.8 Å². The van der Waals surface area contributed by atoms with E-state index in [0.29, 0.717) is 5.84 Å².